The summed E-state index contributed by atoms with van der Waals surface area (Å²) in [5, 5.41) is 50.0. The Kier molecular flexibility index (Phi) is 21.3. The van der Waals surface area contributed by atoms with E-state index in [-0.39, 0.29) is 85.2 Å². The van der Waals surface area contributed by atoms with Gasteiger partial charge in [0.25, 0.3) is 0 Å². The summed E-state index contributed by atoms with van der Waals surface area (Å²) in [6, 6.07) is 6.06. The number of carboxylic acid groups (broad SMARTS) is 5. The minimum atomic E-state index is -1.53. The molecular formula is C23H31N3Na2O11. The molecule has 0 aromatic heterocycles. The van der Waals surface area contributed by atoms with Gasteiger partial charge in [-0.2, -0.15) is 0 Å². The molecular weight excluding hydrogens is 540 g/mol. The van der Waals surface area contributed by atoms with E-state index < -0.39 is 68.6 Å². The summed E-state index contributed by atoms with van der Waals surface area (Å²) in [4.78, 5) is 59.9. The maximum absolute atomic E-state index is 11.5. The fourth-order valence-electron chi connectivity index (χ4n) is 3.72. The first-order valence-corrected chi connectivity index (χ1v) is 11.3. The van der Waals surface area contributed by atoms with Gasteiger partial charge in [0.2, 0.25) is 0 Å². The molecule has 0 saturated carbocycles. The van der Waals surface area contributed by atoms with E-state index in [9.17, 15) is 49.5 Å². The van der Waals surface area contributed by atoms with Crippen LogP contribution in [0.15, 0.2) is 24.3 Å². The van der Waals surface area contributed by atoms with Gasteiger partial charge in [0.05, 0.1) is 38.2 Å². The summed E-state index contributed by atoms with van der Waals surface area (Å²) >= 11 is 0. The van der Waals surface area contributed by atoms with Crippen LogP contribution >= 0.6 is 0 Å². The van der Waals surface area contributed by atoms with Gasteiger partial charge in [-0.15, -0.1) is 0 Å². The van der Waals surface area contributed by atoms with Crippen LogP contribution in [-0.2, 0) is 30.4 Å². The normalized spacial score (nSPS) is 11.4. The van der Waals surface area contributed by atoms with Crippen LogP contribution in [0.1, 0.15) is 12.5 Å². The third kappa shape index (κ3) is 18.3. The van der Waals surface area contributed by atoms with E-state index in [1.54, 1.807) is 24.3 Å². The number of aliphatic carboxylic acids is 5. The van der Waals surface area contributed by atoms with Crippen molar-refractivity contribution in [3.05, 3.63) is 29.8 Å². The minimum Gasteiger partial charge on any atom is -0.549 e. The van der Waals surface area contributed by atoms with Crippen LogP contribution in [0.2, 0.25) is 0 Å². The van der Waals surface area contributed by atoms with Crippen LogP contribution in [0, 0.1) is 0 Å². The van der Waals surface area contributed by atoms with E-state index in [4.69, 9.17) is 4.74 Å². The molecule has 14 nitrogen and oxygen atoms in total. The summed E-state index contributed by atoms with van der Waals surface area (Å²) < 4.78 is 5.40. The van der Waals surface area contributed by atoms with Gasteiger partial charge in [0, 0.05) is 38.8 Å². The number of benzene rings is 1. The second-order valence-electron chi connectivity index (χ2n) is 8.21. The average molecular weight is 571 g/mol. The molecule has 1 rings (SSSR count). The van der Waals surface area contributed by atoms with Crippen molar-refractivity contribution in [3.8, 4) is 5.75 Å². The average Bonchev–Trinajstić information content (AvgIpc) is 2.76. The maximum atomic E-state index is 11.5. The molecule has 39 heavy (non-hydrogen) atoms. The summed E-state index contributed by atoms with van der Waals surface area (Å²) in [5.74, 6) is -6.27. The fraction of sp³-hybridized carbons (Fsp3) is 0.522. The smallest absolute Gasteiger partial charge is 0.549 e. The van der Waals surface area contributed by atoms with Crippen LogP contribution in [0.5, 0.6) is 5.75 Å². The molecule has 16 heteroatoms. The van der Waals surface area contributed by atoms with Crippen molar-refractivity contribution in [3.63, 3.8) is 0 Å². The van der Waals surface area contributed by atoms with Crippen molar-refractivity contribution in [1.29, 1.82) is 0 Å². The van der Waals surface area contributed by atoms with E-state index in [2.05, 4.69) is 0 Å². The number of nitrogens with zero attached hydrogens (tertiary/aromatic N) is 3. The second kappa shape index (κ2) is 21.1. The largest absolute Gasteiger partial charge is 1.00 e. The summed E-state index contributed by atoms with van der Waals surface area (Å²) in [5.41, 5.74) is 0.708. The zero-order chi connectivity index (χ0) is 28.0. The van der Waals surface area contributed by atoms with Crippen molar-refractivity contribution >= 4 is 29.8 Å². The standard InChI is InChI=1S/C23H33N3O11.2Na/c1-2-37-18-5-3-16(4-6-18)9-17(26(14-22(33)34)15-23(35)36)10-24(11-19(27)28)7-8-25(12-20(29)30)13-21(31)32;;/h3-6,17H,2,7-15H2,1H3,(H,27,28)(H,29,30)(H,31,32)(H,33,34)(H,35,36);;/q;2*+1/p-2. The van der Waals surface area contributed by atoms with Gasteiger partial charge in [0.15, 0.2) is 0 Å². The van der Waals surface area contributed by atoms with Crippen molar-refractivity contribution in [2.24, 2.45) is 0 Å². The SMILES string of the molecule is CCOc1ccc(CC(CN(CCN(CC(=O)[O-])CC(=O)[O-])CC(=O)O)N(CC(=O)O)CC(=O)O)cc1.[Na+].[Na+]. The van der Waals surface area contributed by atoms with E-state index in [0.717, 1.165) is 4.90 Å². The van der Waals surface area contributed by atoms with Crippen LogP contribution in [0.4, 0.5) is 0 Å². The van der Waals surface area contributed by atoms with E-state index in [0.29, 0.717) is 17.9 Å². The molecule has 206 valence electrons. The van der Waals surface area contributed by atoms with E-state index >= 15 is 0 Å². The number of rotatable bonds is 20. The number of carbonyl (C=O) groups is 5. The first-order chi connectivity index (χ1) is 17.4. The van der Waals surface area contributed by atoms with Gasteiger partial charge in [-0.25, -0.2) is 0 Å². The van der Waals surface area contributed by atoms with Crippen molar-refractivity contribution < 1.29 is 113 Å². The molecule has 0 aliphatic heterocycles. The second-order valence-corrected chi connectivity index (χ2v) is 8.21. The van der Waals surface area contributed by atoms with Crippen molar-refractivity contribution in [2.45, 2.75) is 19.4 Å². The van der Waals surface area contributed by atoms with Gasteiger partial charge in [-0.3, -0.25) is 29.1 Å². The topological polar surface area (TPSA) is 211 Å². The molecule has 0 aliphatic rings. The molecule has 3 N–H and O–H groups in total. The van der Waals surface area contributed by atoms with Gasteiger partial charge < -0.3 is 39.9 Å². The third-order valence-corrected chi connectivity index (χ3v) is 5.16. The molecule has 0 radical (unpaired) electrons. The Bertz CT molecular complexity index is 902. The number of carbonyl (C=O) groups excluding carboxylic acids is 2. The van der Waals surface area contributed by atoms with Gasteiger partial charge in [0.1, 0.15) is 5.75 Å². The Morgan fingerprint density at radius 3 is 1.64 bits per heavy atom. The molecule has 0 aliphatic carbocycles. The summed E-state index contributed by atoms with van der Waals surface area (Å²) in [6.45, 7) is -1.38. The van der Waals surface area contributed by atoms with Gasteiger partial charge >= 0.3 is 77.0 Å². The predicted molar refractivity (Wildman–Crippen MR) is 122 cm³/mol. The monoisotopic (exact) mass is 571 g/mol. The van der Waals surface area contributed by atoms with Crippen LogP contribution in [0.3, 0.4) is 0 Å². The maximum Gasteiger partial charge on any atom is 1.00 e. The van der Waals surface area contributed by atoms with Crippen molar-refractivity contribution in [1.82, 2.24) is 14.7 Å². The molecule has 0 heterocycles. The fourth-order valence-corrected chi connectivity index (χ4v) is 3.72. The number of ether oxygens (including phenoxy) is 1. The molecule has 1 unspecified atom stereocenters. The zero-order valence-corrected chi connectivity index (χ0v) is 26.4. The summed E-state index contributed by atoms with van der Waals surface area (Å²) in [7, 11) is 0. The predicted octanol–water partition coefficient (Wildman–Crippen LogP) is -9.34. The Morgan fingerprint density at radius 2 is 1.23 bits per heavy atom. The first-order valence-electron chi connectivity index (χ1n) is 11.3. The molecule has 0 bridgehead atoms. The summed E-state index contributed by atoms with van der Waals surface area (Å²) in [6.07, 6.45) is 0.158. The van der Waals surface area contributed by atoms with Gasteiger partial charge in [-0.1, -0.05) is 12.1 Å². The quantitative estimate of drug-likeness (QED) is 0.124. The molecule has 0 spiro atoms. The Labute approximate surface area is 270 Å². The van der Waals surface area contributed by atoms with Crippen LogP contribution < -0.4 is 74.1 Å². The molecule has 0 amide bonds. The minimum absolute atomic E-state index is 0. The number of carboxylic acids is 5. The first kappa shape index (κ1) is 39.4. The number of hydrogen-bond acceptors (Lipinski definition) is 11. The molecule has 0 saturated heterocycles. The van der Waals surface area contributed by atoms with Gasteiger partial charge in [-0.05, 0) is 31.0 Å². The van der Waals surface area contributed by atoms with E-state index in [1.807, 2.05) is 6.92 Å². The number of hydrogen-bond donors (Lipinski definition) is 3. The molecule has 1 aromatic rings. The third-order valence-electron chi connectivity index (χ3n) is 5.16. The Balaban J connectivity index is 0. The van der Waals surface area contributed by atoms with Crippen LogP contribution in [-0.4, -0.2) is 125 Å². The molecule has 1 atom stereocenters. The zero-order valence-electron chi connectivity index (χ0n) is 22.4. The Hall–Kier alpha value is -1.75. The van der Waals surface area contributed by atoms with Crippen molar-refractivity contribution in [2.75, 3.05) is 59.0 Å². The molecule has 1 aromatic carbocycles. The Morgan fingerprint density at radius 1 is 0.769 bits per heavy atom. The van der Waals surface area contributed by atoms with E-state index in [1.165, 1.54) is 9.80 Å². The van der Waals surface area contributed by atoms with Crippen LogP contribution in [0.25, 0.3) is 0 Å². The molecule has 0 fully saturated rings.